The first kappa shape index (κ1) is 16.4. The number of amides is 1. The molecule has 1 fully saturated rings. The largest absolute Gasteiger partial charge is 0.341 e. The van der Waals surface area contributed by atoms with Gasteiger partial charge < -0.3 is 15.1 Å². The third-order valence-electron chi connectivity index (χ3n) is 4.49. The lowest BCUT2D eigenvalue weighted by Crippen LogP contribution is -2.55. The molecule has 0 spiro atoms. The van der Waals surface area contributed by atoms with E-state index in [2.05, 4.69) is 31.1 Å². The predicted molar refractivity (Wildman–Crippen MR) is 80.2 cm³/mol. The number of rotatable bonds is 5. The van der Waals surface area contributed by atoms with Crippen molar-refractivity contribution in [2.24, 2.45) is 5.92 Å². The summed E-state index contributed by atoms with van der Waals surface area (Å²) in [6.07, 6.45) is 2.26. The van der Waals surface area contributed by atoms with E-state index in [0.29, 0.717) is 6.04 Å². The lowest BCUT2D eigenvalue weighted by atomic mass is 9.94. The molecule has 1 aliphatic heterocycles. The third-order valence-corrected chi connectivity index (χ3v) is 4.49. The maximum absolute atomic E-state index is 12.3. The predicted octanol–water partition coefficient (Wildman–Crippen LogP) is 1.56. The molecule has 0 saturated carbocycles. The van der Waals surface area contributed by atoms with Crippen molar-refractivity contribution in [3.8, 4) is 0 Å². The highest BCUT2D eigenvalue weighted by Crippen LogP contribution is 2.21. The number of hydrogen-bond acceptors (Lipinski definition) is 3. The summed E-state index contributed by atoms with van der Waals surface area (Å²) < 4.78 is 0. The first-order valence-corrected chi connectivity index (χ1v) is 7.46. The van der Waals surface area contributed by atoms with E-state index in [-0.39, 0.29) is 5.91 Å². The normalized spacial score (nSPS) is 18.4. The second kappa shape index (κ2) is 6.71. The quantitative estimate of drug-likeness (QED) is 0.823. The van der Waals surface area contributed by atoms with Gasteiger partial charge in [0.05, 0.1) is 5.54 Å². The Labute approximate surface area is 118 Å². The molecule has 1 saturated heterocycles. The highest BCUT2D eigenvalue weighted by molar-refractivity contribution is 5.85. The first-order chi connectivity index (χ1) is 8.77. The fourth-order valence-corrected chi connectivity index (χ4v) is 2.44. The summed E-state index contributed by atoms with van der Waals surface area (Å²) in [7, 11) is 4.04. The van der Waals surface area contributed by atoms with Gasteiger partial charge in [-0.05, 0) is 60.5 Å². The molecule has 1 amide bonds. The van der Waals surface area contributed by atoms with Crippen molar-refractivity contribution < 1.29 is 4.79 Å². The minimum Gasteiger partial charge on any atom is -0.341 e. The second-order valence-corrected chi connectivity index (χ2v) is 6.64. The van der Waals surface area contributed by atoms with E-state index in [4.69, 9.17) is 0 Å². The molecule has 0 bridgehead atoms. The first-order valence-electron chi connectivity index (χ1n) is 7.46. The molecule has 4 nitrogen and oxygen atoms in total. The van der Waals surface area contributed by atoms with Crippen molar-refractivity contribution >= 4 is 5.91 Å². The molecule has 0 aromatic rings. The lowest BCUT2D eigenvalue weighted by molar-refractivity contribution is -0.138. The van der Waals surface area contributed by atoms with E-state index < -0.39 is 5.54 Å². The summed E-state index contributed by atoms with van der Waals surface area (Å²) in [6.45, 7) is 11.3. The van der Waals surface area contributed by atoms with Crippen LogP contribution in [-0.4, -0.2) is 61.0 Å². The van der Waals surface area contributed by atoms with E-state index in [0.717, 1.165) is 38.4 Å². The van der Waals surface area contributed by atoms with Gasteiger partial charge in [0.2, 0.25) is 5.91 Å². The highest BCUT2D eigenvalue weighted by atomic mass is 16.2. The van der Waals surface area contributed by atoms with Crippen LogP contribution >= 0.6 is 0 Å². The Morgan fingerprint density at radius 2 is 1.89 bits per heavy atom. The van der Waals surface area contributed by atoms with Crippen LogP contribution in [0.25, 0.3) is 0 Å². The number of likely N-dealkylation sites (N-methyl/N-ethyl adjacent to an activating group) is 1. The average Bonchev–Trinajstić information content (AvgIpc) is 2.38. The zero-order chi connectivity index (χ0) is 14.6. The van der Waals surface area contributed by atoms with Crippen molar-refractivity contribution in [1.82, 2.24) is 15.1 Å². The molecule has 0 atom stereocenters. The number of piperidine rings is 1. The Kier molecular flexibility index (Phi) is 5.81. The van der Waals surface area contributed by atoms with Crippen LogP contribution in [0, 0.1) is 5.92 Å². The minimum atomic E-state index is -0.443. The maximum atomic E-state index is 12.3. The van der Waals surface area contributed by atoms with Gasteiger partial charge in [-0.1, -0.05) is 0 Å². The van der Waals surface area contributed by atoms with Gasteiger partial charge in [-0.15, -0.1) is 0 Å². The van der Waals surface area contributed by atoms with Crippen LogP contribution in [0.4, 0.5) is 0 Å². The van der Waals surface area contributed by atoms with E-state index in [9.17, 15) is 4.79 Å². The topological polar surface area (TPSA) is 35.6 Å². The fourth-order valence-electron chi connectivity index (χ4n) is 2.44. The molecule has 19 heavy (non-hydrogen) atoms. The Balaban J connectivity index is 2.43. The molecule has 1 N–H and O–H groups in total. The Bertz CT molecular complexity index is 294. The third kappa shape index (κ3) is 4.46. The molecular weight excluding hydrogens is 238 g/mol. The Morgan fingerprint density at radius 1 is 1.37 bits per heavy atom. The summed E-state index contributed by atoms with van der Waals surface area (Å²) in [5, 5.41) is 3.10. The summed E-state index contributed by atoms with van der Waals surface area (Å²) in [5.41, 5.74) is -0.443. The Hall–Kier alpha value is -0.610. The molecule has 112 valence electrons. The smallest absolute Gasteiger partial charge is 0.242 e. The van der Waals surface area contributed by atoms with Crippen LogP contribution in [-0.2, 0) is 4.79 Å². The van der Waals surface area contributed by atoms with Gasteiger partial charge in [0.15, 0.2) is 0 Å². The van der Waals surface area contributed by atoms with E-state index >= 15 is 0 Å². The molecule has 1 rings (SSSR count). The van der Waals surface area contributed by atoms with E-state index in [1.54, 1.807) is 0 Å². The molecule has 0 aromatic carbocycles. The van der Waals surface area contributed by atoms with Crippen LogP contribution in [0.3, 0.4) is 0 Å². The number of carbonyl (C=O) groups is 1. The molecule has 0 unspecified atom stereocenters. The molecule has 1 heterocycles. The number of carbonyl (C=O) groups excluding carboxylic acids is 1. The fraction of sp³-hybridized carbons (Fsp3) is 0.933. The lowest BCUT2D eigenvalue weighted by Gasteiger charge is -2.38. The molecule has 1 aliphatic rings. The van der Waals surface area contributed by atoms with Gasteiger partial charge in [0.25, 0.3) is 0 Å². The SMILES string of the molecule is CNC(C)(C)C(=O)N1CCC(CN(C)C(C)C)CC1. The zero-order valence-corrected chi connectivity index (χ0v) is 13.5. The monoisotopic (exact) mass is 269 g/mol. The van der Waals surface area contributed by atoms with E-state index in [1.165, 1.54) is 0 Å². The second-order valence-electron chi connectivity index (χ2n) is 6.64. The van der Waals surface area contributed by atoms with Gasteiger partial charge >= 0.3 is 0 Å². The van der Waals surface area contributed by atoms with Gasteiger partial charge in [0, 0.05) is 25.7 Å². The molecule has 4 heteroatoms. The molecule has 0 radical (unpaired) electrons. The van der Waals surface area contributed by atoms with Crippen molar-refractivity contribution in [1.29, 1.82) is 0 Å². The van der Waals surface area contributed by atoms with Gasteiger partial charge in [-0.3, -0.25) is 4.79 Å². The molecule has 0 aliphatic carbocycles. The van der Waals surface area contributed by atoms with Crippen LogP contribution in [0.15, 0.2) is 0 Å². The summed E-state index contributed by atoms with van der Waals surface area (Å²) >= 11 is 0. The summed E-state index contributed by atoms with van der Waals surface area (Å²) in [5.74, 6) is 0.958. The standard InChI is InChI=1S/C15H31N3O/c1-12(2)17(6)11-13-7-9-18(10-8-13)14(19)15(3,4)16-5/h12-13,16H,7-11H2,1-6H3. The molecular formula is C15H31N3O. The number of likely N-dealkylation sites (tertiary alicyclic amines) is 1. The number of nitrogens with one attached hydrogen (secondary N) is 1. The van der Waals surface area contributed by atoms with E-state index in [1.807, 2.05) is 25.8 Å². The van der Waals surface area contributed by atoms with Crippen LogP contribution in [0.1, 0.15) is 40.5 Å². The van der Waals surface area contributed by atoms with Crippen molar-refractivity contribution in [2.75, 3.05) is 33.7 Å². The summed E-state index contributed by atoms with van der Waals surface area (Å²) in [6, 6.07) is 0.600. The van der Waals surface area contributed by atoms with Crippen molar-refractivity contribution in [3.63, 3.8) is 0 Å². The van der Waals surface area contributed by atoms with Crippen molar-refractivity contribution in [2.45, 2.75) is 52.1 Å². The van der Waals surface area contributed by atoms with Crippen LogP contribution in [0.2, 0.25) is 0 Å². The molecule has 0 aromatic heterocycles. The van der Waals surface area contributed by atoms with Crippen molar-refractivity contribution in [3.05, 3.63) is 0 Å². The van der Waals surface area contributed by atoms with Gasteiger partial charge in [-0.25, -0.2) is 0 Å². The number of nitrogens with zero attached hydrogens (tertiary/aromatic N) is 2. The highest BCUT2D eigenvalue weighted by Gasteiger charge is 2.32. The number of hydrogen-bond donors (Lipinski definition) is 1. The minimum absolute atomic E-state index is 0.227. The van der Waals surface area contributed by atoms with Gasteiger partial charge in [-0.2, -0.15) is 0 Å². The van der Waals surface area contributed by atoms with Gasteiger partial charge in [0.1, 0.15) is 0 Å². The average molecular weight is 269 g/mol. The maximum Gasteiger partial charge on any atom is 0.242 e. The van der Waals surface area contributed by atoms with Crippen LogP contribution in [0.5, 0.6) is 0 Å². The Morgan fingerprint density at radius 3 is 2.32 bits per heavy atom. The van der Waals surface area contributed by atoms with Crippen LogP contribution < -0.4 is 5.32 Å². The zero-order valence-electron chi connectivity index (χ0n) is 13.5. The summed E-state index contributed by atoms with van der Waals surface area (Å²) in [4.78, 5) is 16.8.